The number of hydrogen-bond acceptors (Lipinski definition) is 6. The van der Waals surface area contributed by atoms with Crippen molar-refractivity contribution in [3.63, 3.8) is 0 Å². The van der Waals surface area contributed by atoms with Gasteiger partial charge in [0.1, 0.15) is 5.82 Å². The molecule has 3 rings (SSSR count). The fraction of sp³-hybridized carbons (Fsp3) is 0.632. The van der Waals surface area contributed by atoms with Crippen LogP contribution in [0.2, 0.25) is 0 Å². The van der Waals surface area contributed by atoms with Crippen molar-refractivity contribution in [3.05, 3.63) is 37.1 Å². The molecule has 4 atom stereocenters. The van der Waals surface area contributed by atoms with E-state index in [0.29, 0.717) is 18.6 Å². The Kier molecular flexibility index (Phi) is 10.4. The minimum absolute atomic E-state index is 0. The Morgan fingerprint density at radius 3 is 2.73 bits per heavy atom. The largest absolute Gasteiger partial charge is 1.00 e. The molecule has 0 bridgehead atoms. The van der Waals surface area contributed by atoms with Crippen molar-refractivity contribution in [2.75, 3.05) is 13.7 Å². The van der Waals surface area contributed by atoms with Gasteiger partial charge in [-0.2, -0.15) is 13.3 Å². The van der Waals surface area contributed by atoms with E-state index in [9.17, 15) is 0 Å². The third-order valence-electron chi connectivity index (χ3n) is 5.03. The molecule has 140 valence electrons. The van der Waals surface area contributed by atoms with Crippen LogP contribution in [0.5, 0.6) is 0 Å². The van der Waals surface area contributed by atoms with Crippen LogP contribution in [0.25, 0.3) is 0 Å². The molecular weight excluding hydrogens is 325 g/mol. The minimum atomic E-state index is 0. The Balaban J connectivity index is 0.000000616. The fourth-order valence-electron chi connectivity index (χ4n) is 3.63. The molecule has 1 heterocycles. The molecule has 3 unspecified atom stereocenters. The number of nitrogens with zero attached hydrogens (tertiary/aromatic N) is 2. The second-order valence-corrected chi connectivity index (χ2v) is 6.69. The van der Waals surface area contributed by atoms with Crippen molar-refractivity contribution in [1.82, 2.24) is 9.97 Å². The monoisotopic (exact) mass is 353 g/mol. The number of fused-ring (bicyclic) bond motifs is 1. The summed E-state index contributed by atoms with van der Waals surface area (Å²) in [6.07, 6.45) is 13.8. The van der Waals surface area contributed by atoms with Crippen molar-refractivity contribution in [2.45, 2.75) is 56.6 Å². The first kappa shape index (κ1) is 23.1. The molecule has 0 radical (unpaired) electrons. The topological polar surface area (TPSA) is 87.3 Å². The number of aromatic nitrogens is 2. The molecule has 0 aromatic carbocycles. The zero-order chi connectivity index (χ0) is 18.1. The molecule has 2 aliphatic carbocycles. The summed E-state index contributed by atoms with van der Waals surface area (Å²) in [7, 11) is 1.26. The quantitative estimate of drug-likeness (QED) is 0.484. The zero-order valence-electron chi connectivity index (χ0n) is 16.1. The van der Waals surface area contributed by atoms with Crippen LogP contribution in [0.4, 0.5) is 0 Å². The molecule has 1 aromatic heterocycles. The molecular formula is C19H28LiN3O3-2. The molecule has 2 saturated carbocycles. The molecule has 0 saturated heterocycles. The first-order valence-electron chi connectivity index (χ1n) is 8.82. The van der Waals surface area contributed by atoms with Gasteiger partial charge in [-0.15, -0.1) is 6.04 Å². The molecule has 7 heteroatoms. The van der Waals surface area contributed by atoms with Gasteiger partial charge in [-0.05, 0) is 37.7 Å². The van der Waals surface area contributed by atoms with Crippen LogP contribution >= 0.6 is 0 Å². The number of hydrogen-bond donors (Lipinski definition) is 1. The second kappa shape index (κ2) is 11.7. The van der Waals surface area contributed by atoms with Crippen molar-refractivity contribution >= 4 is 6.47 Å². The standard InChI is InChI=1S/C17H25N3O.C2H3O2.Li/c1-2-4-14(18)6-10-21-15-5-7-17(12-13(17)11-15)16-19-8-3-9-20-16;1-4-2-3;/h2-3,6,8-9,13-15H,4-5,7,10-12,18H2,1H3;1H3;/q-2;-1;+1/t13?,14-,15?,17?;;/m0../s1. The third-order valence-corrected chi connectivity index (χ3v) is 5.03. The van der Waals surface area contributed by atoms with E-state index in [0.717, 1.165) is 31.5 Å². The fourth-order valence-corrected chi connectivity index (χ4v) is 3.63. The van der Waals surface area contributed by atoms with E-state index in [1.54, 1.807) is 0 Å². The van der Waals surface area contributed by atoms with Gasteiger partial charge in [0.15, 0.2) is 0 Å². The summed E-state index contributed by atoms with van der Waals surface area (Å²) in [5, 5.41) is 0. The van der Waals surface area contributed by atoms with Gasteiger partial charge in [-0.25, -0.2) is 9.97 Å². The Morgan fingerprint density at radius 1 is 1.46 bits per heavy atom. The van der Waals surface area contributed by atoms with Gasteiger partial charge >= 0.3 is 18.9 Å². The first-order chi connectivity index (χ1) is 12.2. The van der Waals surface area contributed by atoms with Gasteiger partial charge in [0.05, 0.1) is 6.10 Å². The number of ether oxygens (including phenoxy) is 2. The van der Waals surface area contributed by atoms with Crippen LogP contribution in [0.1, 0.15) is 44.9 Å². The minimum Gasteiger partial charge on any atom is -0.655 e. The van der Waals surface area contributed by atoms with Gasteiger partial charge in [-0.1, -0.05) is 13.1 Å². The molecule has 0 spiro atoms. The van der Waals surface area contributed by atoms with Crippen LogP contribution in [0.15, 0.2) is 18.5 Å². The van der Waals surface area contributed by atoms with E-state index in [1.807, 2.05) is 25.4 Å². The maximum absolute atomic E-state index is 8.83. The predicted molar refractivity (Wildman–Crippen MR) is 95.0 cm³/mol. The van der Waals surface area contributed by atoms with Gasteiger partial charge in [0.25, 0.3) is 0 Å². The summed E-state index contributed by atoms with van der Waals surface area (Å²) < 4.78 is 9.72. The van der Waals surface area contributed by atoms with Gasteiger partial charge in [0, 0.05) is 24.9 Å². The summed E-state index contributed by atoms with van der Waals surface area (Å²) >= 11 is 0. The van der Waals surface area contributed by atoms with Crippen LogP contribution in [0.3, 0.4) is 0 Å². The van der Waals surface area contributed by atoms with Crippen LogP contribution < -0.4 is 24.6 Å². The first-order valence-corrected chi connectivity index (χ1v) is 8.82. The van der Waals surface area contributed by atoms with Gasteiger partial charge in [-0.3, -0.25) is 6.42 Å². The van der Waals surface area contributed by atoms with E-state index in [2.05, 4.69) is 27.5 Å². The molecule has 0 amide bonds. The van der Waals surface area contributed by atoms with Crippen molar-refractivity contribution in [1.29, 1.82) is 0 Å². The molecule has 2 N–H and O–H groups in total. The van der Waals surface area contributed by atoms with E-state index < -0.39 is 0 Å². The molecule has 0 aliphatic heterocycles. The summed E-state index contributed by atoms with van der Waals surface area (Å²) in [5.41, 5.74) is 6.21. The third kappa shape index (κ3) is 6.35. The van der Waals surface area contributed by atoms with E-state index in [4.69, 9.17) is 15.3 Å². The molecule has 6 nitrogen and oxygen atoms in total. The number of rotatable bonds is 8. The van der Waals surface area contributed by atoms with Crippen LogP contribution in [0, 0.1) is 18.8 Å². The van der Waals surface area contributed by atoms with Crippen molar-refractivity contribution < 1.29 is 33.1 Å². The Labute approximate surface area is 168 Å². The Morgan fingerprint density at radius 2 is 2.15 bits per heavy atom. The maximum atomic E-state index is 8.83. The van der Waals surface area contributed by atoms with Crippen molar-refractivity contribution in [2.24, 2.45) is 11.7 Å². The van der Waals surface area contributed by atoms with E-state index >= 15 is 0 Å². The van der Waals surface area contributed by atoms with Crippen LogP contribution in [-0.4, -0.2) is 42.3 Å². The number of carbonyl (C=O) groups excluding carboxylic acids is 1. The van der Waals surface area contributed by atoms with E-state index in [1.165, 1.54) is 20.0 Å². The van der Waals surface area contributed by atoms with Crippen LogP contribution in [-0.2, 0) is 19.7 Å². The predicted octanol–water partition coefficient (Wildman–Crippen LogP) is -0.847. The summed E-state index contributed by atoms with van der Waals surface area (Å²) in [4.78, 5) is 17.8. The number of nitrogens with two attached hydrogens (primary N) is 1. The molecule has 26 heavy (non-hydrogen) atoms. The summed E-state index contributed by atoms with van der Waals surface area (Å²) in [6.45, 7) is 3.88. The summed E-state index contributed by atoms with van der Waals surface area (Å²) in [6, 6.07) is 2.01. The summed E-state index contributed by atoms with van der Waals surface area (Å²) in [5.74, 6) is 1.75. The van der Waals surface area contributed by atoms with E-state index in [-0.39, 0.29) is 30.3 Å². The Bertz CT molecular complexity index is 520. The van der Waals surface area contributed by atoms with Crippen molar-refractivity contribution in [3.8, 4) is 0 Å². The molecule has 2 fully saturated rings. The second-order valence-electron chi connectivity index (χ2n) is 6.69. The molecule has 1 aromatic rings. The zero-order valence-corrected chi connectivity index (χ0v) is 16.1. The Hall–Kier alpha value is -0.933. The average Bonchev–Trinajstić information content (AvgIpc) is 3.38. The maximum Gasteiger partial charge on any atom is 1.00 e. The average molecular weight is 353 g/mol. The van der Waals surface area contributed by atoms with Gasteiger partial charge < -0.3 is 26.4 Å². The number of methoxy groups -OCH3 is 1. The smallest absolute Gasteiger partial charge is 0.655 e. The normalized spacial score (nSPS) is 27.0. The molecule has 2 aliphatic rings. The SMILES string of the molecule is CO[C-]=O.C[CH-]C[C@H](N)[CH-]COC1CCC2(c3ncccn3)CC2C1.[Li+]. The van der Waals surface area contributed by atoms with Gasteiger partial charge in [0.2, 0.25) is 0 Å².